The number of nitrogens with zero attached hydrogens (tertiary/aromatic N) is 1. The van der Waals surface area contributed by atoms with E-state index in [1.165, 1.54) is 0 Å². The summed E-state index contributed by atoms with van der Waals surface area (Å²) in [5.74, 6) is 0. The van der Waals surface area contributed by atoms with Crippen molar-refractivity contribution in [1.82, 2.24) is 0 Å². The van der Waals surface area contributed by atoms with Crippen molar-refractivity contribution < 1.29 is 4.79 Å². The van der Waals surface area contributed by atoms with E-state index < -0.39 is 0 Å². The van der Waals surface area contributed by atoms with Crippen molar-refractivity contribution in [2.24, 2.45) is 0 Å². The van der Waals surface area contributed by atoms with Crippen LogP contribution in [-0.4, -0.2) is 6.29 Å². The highest BCUT2D eigenvalue weighted by atomic mass is 16.1. The summed E-state index contributed by atoms with van der Waals surface area (Å²) in [7, 11) is 0. The lowest BCUT2D eigenvalue weighted by atomic mass is 10.1. The molecule has 0 aliphatic heterocycles. The quantitative estimate of drug-likeness (QED) is 0.558. The standard InChI is InChI=1S/C19H19NO/c1-3-4-8-16(2)20(18-9-6-5-7-10-18)19-13-11-17(15-21)12-14-19/h3-15H,1-2H3/b4-3-,16-8+. The van der Waals surface area contributed by atoms with Crippen molar-refractivity contribution in [3.8, 4) is 0 Å². The SMILES string of the molecule is C/C=C\C=C(/C)N(c1ccccc1)c1ccc(C=O)cc1. The molecule has 0 unspecified atom stereocenters. The molecular weight excluding hydrogens is 258 g/mol. The van der Waals surface area contributed by atoms with Gasteiger partial charge in [0, 0.05) is 22.6 Å². The van der Waals surface area contributed by atoms with Gasteiger partial charge in [-0.1, -0.05) is 30.4 Å². The second kappa shape index (κ2) is 7.25. The molecular formula is C19H19NO. The smallest absolute Gasteiger partial charge is 0.150 e. The van der Waals surface area contributed by atoms with Gasteiger partial charge in [-0.05, 0) is 56.3 Å². The van der Waals surface area contributed by atoms with Crippen LogP contribution in [-0.2, 0) is 0 Å². The Labute approximate surface area is 126 Å². The highest BCUT2D eigenvalue weighted by molar-refractivity contribution is 5.77. The minimum atomic E-state index is 0.682. The third-order valence-electron chi connectivity index (χ3n) is 3.18. The third kappa shape index (κ3) is 3.69. The molecule has 2 rings (SSSR count). The average molecular weight is 277 g/mol. The first-order chi connectivity index (χ1) is 10.3. The first kappa shape index (κ1) is 14.8. The normalized spacial score (nSPS) is 11.6. The molecule has 0 radical (unpaired) electrons. The van der Waals surface area contributed by atoms with Crippen LogP contribution < -0.4 is 4.90 Å². The molecule has 0 atom stereocenters. The predicted molar refractivity (Wildman–Crippen MR) is 89.0 cm³/mol. The second-order valence-corrected chi connectivity index (χ2v) is 4.71. The summed E-state index contributed by atoms with van der Waals surface area (Å²) < 4.78 is 0. The minimum absolute atomic E-state index is 0.682. The molecule has 2 aromatic rings. The third-order valence-corrected chi connectivity index (χ3v) is 3.18. The van der Waals surface area contributed by atoms with Crippen molar-refractivity contribution in [2.45, 2.75) is 13.8 Å². The van der Waals surface area contributed by atoms with Gasteiger partial charge in [-0.25, -0.2) is 0 Å². The van der Waals surface area contributed by atoms with Gasteiger partial charge in [-0.2, -0.15) is 0 Å². The van der Waals surface area contributed by atoms with Gasteiger partial charge in [0.15, 0.2) is 0 Å². The fourth-order valence-corrected chi connectivity index (χ4v) is 2.15. The molecule has 2 heteroatoms. The number of anilines is 2. The number of hydrogen-bond acceptors (Lipinski definition) is 2. The Kier molecular flexibility index (Phi) is 5.10. The number of hydrogen-bond donors (Lipinski definition) is 0. The summed E-state index contributed by atoms with van der Waals surface area (Å²) in [5, 5.41) is 0. The van der Waals surface area contributed by atoms with Crippen molar-refractivity contribution >= 4 is 17.7 Å². The molecule has 0 N–H and O–H groups in total. The average Bonchev–Trinajstić information content (AvgIpc) is 2.55. The first-order valence-electron chi connectivity index (χ1n) is 6.96. The van der Waals surface area contributed by atoms with Crippen molar-refractivity contribution in [3.05, 3.63) is 84.1 Å². The summed E-state index contributed by atoms with van der Waals surface area (Å²) in [5.41, 5.74) is 3.92. The Hall–Kier alpha value is -2.61. The van der Waals surface area contributed by atoms with Crippen LogP contribution in [0.3, 0.4) is 0 Å². The van der Waals surface area contributed by atoms with Crippen molar-refractivity contribution in [1.29, 1.82) is 0 Å². The van der Waals surface area contributed by atoms with Gasteiger partial charge in [0.2, 0.25) is 0 Å². The number of para-hydroxylation sites is 1. The van der Waals surface area contributed by atoms with E-state index in [4.69, 9.17) is 0 Å². The Morgan fingerprint density at radius 2 is 1.57 bits per heavy atom. The Balaban J connectivity index is 2.46. The number of benzene rings is 2. The Morgan fingerprint density at radius 3 is 2.14 bits per heavy atom. The van der Waals surface area contributed by atoms with Crippen LogP contribution >= 0.6 is 0 Å². The van der Waals surface area contributed by atoms with E-state index in [9.17, 15) is 4.79 Å². The molecule has 0 saturated heterocycles. The van der Waals surface area contributed by atoms with Gasteiger partial charge in [0.25, 0.3) is 0 Å². The van der Waals surface area contributed by atoms with Crippen LogP contribution in [0.15, 0.2) is 78.5 Å². The predicted octanol–water partition coefficient (Wildman–Crippen LogP) is 5.12. The molecule has 0 aliphatic rings. The van der Waals surface area contributed by atoms with Crippen molar-refractivity contribution in [2.75, 3.05) is 4.90 Å². The minimum Gasteiger partial charge on any atom is -0.315 e. The zero-order valence-corrected chi connectivity index (χ0v) is 12.4. The Bertz CT molecular complexity index is 639. The zero-order valence-electron chi connectivity index (χ0n) is 12.4. The topological polar surface area (TPSA) is 20.3 Å². The van der Waals surface area contributed by atoms with E-state index in [0.29, 0.717) is 5.56 Å². The number of carbonyl (C=O) groups is 1. The molecule has 2 aromatic carbocycles. The molecule has 0 spiro atoms. The van der Waals surface area contributed by atoms with Crippen LogP contribution in [0.5, 0.6) is 0 Å². The molecule has 0 amide bonds. The van der Waals surface area contributed by atoms with Crippen LogP contribution in [0, 0.1) is 0 Å². The summed E-state index contributed by atoms with van der Waals surface area (Å²) in [6.07, 6.45) is 6.95. The number of rotatable bonds is 5. The lowest BCUT2D eigenvalue weighted by molar-refractivity contribution is 0.112. The lowest BCUT2D eigenvalue weighted by Crippen LogP contribution is -2.14. The molecule has 106 valence electrons. The van der Waals surface area contributed by atoms with Gasteiger partial charge in [-0.3, -0.25) is 4.79 Å². The van der Waals surface area contributed by atoms with E-state index >= 15 is 0 Å². The lowest BCUT2D eigenvalue weighted by Gasteiger charge is -2.25. The summed E-state index contributed by atoms with van der Waals surface area (Å²) >= 11 is 0. The van der Waals surface area contributed by atoms with Gasteiger partial charge in [0.05, 0.1) is 0 Å². The van der Waals surface area contributed by atoms with Crippen molar-refractivity contribution in [3.63, 3.8) is 0 Å². The first-order valence-corrected chi connectivity index (χ1v) is 6.96. The molecule has 0 bridgehead atoms. The second-order valence-electron chi connectivity index (χ2n) is 4.71. The summed E-state index contributed by atoms with van der Waals surface area (Å²) in [6, 6.07) is 17.8. The molecule has 0 saturated carbocycles. The van der Waals surface area contributed by atoms with E-state index in [-0.39, 0.29) is 0 Å². The largest absolute Gasteiger partial charge is 0.315 e. The fraction of sp³-hybridized carbons (Fsp3) is 0.105. The van der Waals surface area contributed by atoms with Gasteiger partial charge in [-0.15, -0.1) is 0 Å². The maximum absolute atomic E-state index is 10.8. The van der Waals surface area contributed by atoms with Crippen LogP contribution in [0.4, 0.5) is 11.4 Å². The molecule has 21 heavy (non-hydrogen) atoms. The maximum Gasteiger partial charge on any atom is 0.150 e. The van der Waals surface area contributed by atoms with Gasteiger partial charge >= 0.3 is 0 Å². The number of aldehydes is 1. The Morgan fingerprint density at radius 1 is 0.952 bits per heavy atom. The van der Waals surface area contributed by atoms with Crippen LogP contribution in [0.2, 0.25) is 0 Å². The van der Waals surface area contributed by atoms with E-state index in [1.807, 2.05) is 61.5 Å². The molecule has 2 nitrogen and oxygen atoms in total. The van der Waals surface area contributed by atoms with Gasteiger partial charge < -0.3 is 4.90 Å². The summed E-state index contributed by atoms with van der Waals surface area (Å²) in [4.78, 5) is 13.0. The fourth-order valence-electron chi connectivity index (χ4n) is 2.15. The maximum atomic E-state index is 10.8. The van der Waals surface area contributed by atoms with Gasteiger partial charge in [0.1, 0.15) is 6.29 Å². The molecule has 0 heterocycles. The monoisotopic (exact) mass is 277 g/mol. The summed E-state index contributed by atoms with van der Waals surface area (Å²) in [6.45, 7) is 4.07. The highest BCUT2D eigenvalue weighted by Gasteiger charge is 2.10. The zero-order chi connectivity index (χ0) is 15.1. The van der Waals surface area contributed by atoms with E-state index in [2.05, 4.69) is 30.0 Å². The van der Waals surface area contributed by atoms with E-state index in [0.717, 1.165) is 23.4 Å². The van der Waals surface area contributed by atoms with Crippen LogP contribution in [0.1, 0.15) is 24.2 Å². The molecule has 0 aliphatic carbocycles. The highest BCUT2D eigenvalue weighted by Crippen LogP contribution is 2.29. The molecule has 0 aromatic heterocycles. The van der Waals surface area contributed by atoms with Crippen LogP contribution in [0.25, 0.3) is 0 Å². The number of carbonyl (C=O) groups excluding carboxylic acids is 1. The molecule has 0 fully saturated rings. The number of allylic oxidation sites excluding steroid dienone is 4. The van der Waals surface area contributed by atoms with E-state index in [1.54, 1.807) is 0 Å².